The molecule has 78 heavy (non-hydrogen) atoms. The lowest BCUT2D eigenvalue weighted by atomic mass is 9.70. The van der Waals surface area contributed by atoms with Crippen molar-refractivity contribution in [3.8, 4) is 78.1 Å². The number of aryl methyl sites for hydroxylation is 1. The average Bonchev–Trinajstić information content (AvgIpc) is 4.34. The third-order valence-electron chi connectivity index (χ3n) is 17.2. The third kappa shape index (κ3) is 8.01. The second-order valence-corrected chi connectivity index (χ2v) is 21.9. The fraction of sp³-hybridized carbons (Fsp3) is 0.132. The van der Waals surface area contributed by atoms with Crippen LogP contribution in [0.2, 0.25) is 0 Å². The van der Waals surface area contributed by atoms with Crippen LogP contribution in [0.4, 0.5) is 0 Å². The van der Waals surface area contributed by atoms with E-state index < -0.39 is 0 Å². The van der Waals surface area contributed by atoms with Gasteiger partial charge in [0.2, 0.25) is 0 Å². The molecular formula is C76H62N2. The van der Waals surface area contributed by atoms with E-state index in [9.17, 15) is 0 Å². The summed E-state index contributed by atoms with van der Waals surface area (Å²) in [6.45, 7) is 6.85. The summed E-state index contributed by atoms with van der Waals surface area (Å²) in [5.74, 6) is 0. The fourth-order valence-electron chi connectivity index (χ4n) is 13.3. The molecule has 2 nitrogen and oxygen atoms in total. The average molecular weight is 1000 g/mol. The maximum Gasteiger partial charge on any atom is 0.0541 e. The Morgan fingerprint density at radius 1 is 0.295 bits per heavy atom. The molecule has 0 spiro atoms. The van der Waals surface area contributed by atoms with Crippen LogP contribution in [0.1, 0.15) is 69.1 Å². The van der Waals surface area contributed by atoms with E-state index in [1.54, 1.807) is 0 Å². The maximum atomic E-state index is 2.56. The zero-order chi connectivity index (χ0) is 52.3. The SMILES string of the molecule is CCCCC1(CCCC)c2cc(-c3ccc(-n4c5ccccc5c5ccccc54)cc3)ccc2-c2ccc(-c3ccc(-n4c5ccccc5c5cc(-c6cccc(-c7cccc(-c8cccc(C)c8)c7)c6)ccc54)cc3)cc21. The Kier molecular flexibility index (Phi) is 11.9. The highest BCUT2D eigenvalue weighted by atomic mass is 15.0. The molecular weight excluding hydrogens is 941 g/mol. The number of aromatic nitrogens is 2. The highest BCUT2D eigenvalue weighted by Crippen LogP contribution is 2.56. The summed E-state index contributed by atoms with van der Waals surface area (Å²) >= 11 is 0. The number of fused-ring (bicyclic) bond motifs is 9. The van der Waals surface area contributed by atoms with E-state index in [2.05, 4.69) is 279 Å². The summed E-state index contributed by atoms with van der Waals surface area (Å²) in [5.41, 5.74) is 26.7. The van der Waals surface area contributed by atoms with E-state index in [0.29, 0.717) is 0 Å². The van der Waals surface area contributed by atoms with Crippen molar-refractivity contribution in [3.63, 3.8) is 0 Å². The molecule has 0 saturated heterocycles. The minimum atomic E-state index is -0.0542. The van der Waals surface area contributed by atoms with Gasteiger partial charge in [0.1, 0.15) is 0 Å². The van der Waals surface area contributed by atoms with Gasteiger partial charge in [-0.05, 0) is 177 Å². The van der Waals surface area contributed by atoms with Gasteiger partial charge in [-0.25, -0.2) is 0 Å². The summed E-state index contributed by atoms with van der Waals surface area (Å²) in [5, 5.41) is 5.09. The standard InChI is InChI=1S/C76H62N2/c1-4-6-43-76(44-7-5-2)70-49-60(52-29-36-62(37-30-52)77-72-26-11-8-23-66(72)67-24-9-12-27-73(67)77)33-40-64(70)65-41-34-61(50-71(65)76)53-31-38-63(39-32-53)78-74-28-13-10-25-68(74)69-48-59(35-42-75(69)78)58-22-16-21-57(47-58)56-20-15-19-55(46-56)54-18-14-17-51(3)45-54/h8-42,45-50H,4-7,43-44H2,1-3H3. The minimum absolute atomic E-state index is 0.0542. The molecule has 1 aliphatic carbocycles. The van der Waals surface area contributed by atoms with E-state index in [1.807, 2.05) is 0 Å². The van der Waals surface area contributed by atoms with Crippen LogP contribution in [-0.4, -0.2) is 9.13 Å². The zero-order valence-corrected chi connectivity index (χ0v) is 44.8. The maximum absolute atomic E-state index is 2.56. The van der Waals surface area contributed by atoms with Crippen LogP contribution in [0.5, 0.6) is 0 Å². The van der Waals surface area contributed by atoms with Crippen molar-refractivity contribution in [3.05, 3.63) is 265 Å². The summed E-state index contributed by atoms with van der Waals surface area (Å²) in [6, 6.07) is 93.4. The molecule has 2 heteroatoms. The quantitative estimate of drug-likeness (QED) is 0.109. The van der Waals surface area contributed by atoms with Crippen LogP contribution in [0.15, 0.2) is 249 Å². The predicted molar refractivity (Wildman–Crippen MR) is 332 cm³/mol. The van der Waals surface area contributed by atoms with Gasteiger partial charge < -0.3 is 9.13 Å². The highest BCUT2D eigenvalue weighted by Gasteiger charge is 2.42. The monoisotopic (exact) mass is 1000 g/mol. The molecule has 13 aromatic rings. The molecule has 0 N–H and O–H groups in total. The molecule has 0 unspecified atom stereocenters. The number of para-hydroxylation sites is 3. The summed E-state index contributed by atoms with van der Waals surface area (Å²) in [6.07, 6.45) is 7.01. The number of benzene rings is 11. The first kappa shape index (κ1) is 47.5. The Morgan fingerprint density at radius 2 is 0.654 bits per heavy atom. The number of rotatable bonds is 13. The summed E-state index contributed by atoms with van der Waals surface area (Å²) < 4.78 is 4.86. The second-order valence-electron chi connectivity index (χ2n) is 21.9. The Morgan fingerprint density at radius 3 is 1.10 bits per heavy atom. The Hall–Kier alpha value is -8.98. The van der Waals surface area contributed by atoms with Gasteiger partial charge in [-0.1, -0.05) is 215 Å². The molecule has 0 fully saturated rings. The Balaban J connectivity index is 0.786. The normalized spacial score (nSPS) is 12.7. The molecule has 0 bridgehead atoms. The first-order chi connectivity index (χ1) is 38.5. The number of unbranched alkanes of at least 4 members (excludes halogenated alkanes) is 2. The smallest absolute Gasteiger partial charge is 0.0541 e. The minimum Gasteiger partial charge on any atom is -0.309 e. The van der Waals surface area contributed by atoms with Crippen LogP contribution in [0, 0.1) is 6.92 Å². The van der Waals surface area contributed by atoms with Gasteiger partial charge in [0, 0.05) is 38.3 Å². The largest absolute Gasteiger partial charge is 0.309 e. The lowest BCUT2D eigenvalue weighted by molar-refractivity contribution is 0.414. The molecule has 0 atom stereocenters. The summed E-state index contributed by atoms with van der Waals surface area (Å²) in [7, 11) is 0. The Labute approximate surface area is 458 Å². The van der Waals surface area contributed by atoms with Crippen LogP contribution >= 0.6 is 0 Å². The number of hydrogen-bond donors (Lipinski definition) is 0. The number of hydrogen-bond acceptors (Lipinski definition) is 0. The molecule has 1 aliphatic rings. The van der Waals surface area contributed by atoms with Crippen molar-refractivity contribution in [1.82, 2.24) is 9.13 Å². The van der Waals surface area contributed by atoms with Gasteiger partial charge in [-0.15, -0.1) is 0 Å². The van der Waals surface area contributed by atoms with Gasteiger partial charge in [-0.2, -0.15) is 0 Å². The lowest BCUT2D eigenvalue weighted by Gasteiger charge is -2.33. The molecule has 14 rings (SSSR count). The highest BCUT2D eigenvalue weighted by molar-refractivity contribution is 6.11. The first-order valence-corrected chi connectivity index (χ1v) is 28.3. The molecule has 0 aliphatic heterocycles. The van der Waals surface area contributed by atoms with Gasteiger partial charge in [0.25, 0.3) is 0 Å². The van der Waals surface area contributed by atoms with Crippen LogP contribution in [0.25, 0.3) is 122 Å². The van der Waals surface area contributed by atoms with Gasteiger partial charge >= 0.3 is 0 Å². The zero-order valence-electron chi connectivity index (χ0n) is 44.8. The van der Waals surface area contributed by atoms with Crippen molar-refractivity contribution in [2.75, 3.05) is 0 Å². The lowest BCUT2D eigenvalue weighted by Crippen LogP contribution is -2.25. The fourth-order valence-corrected chi connectivity index (χ4v) is 13.3. The third-order valence-corrected chi connectivity index (χ3v) is 17.2. The van der Waals surface area contributed by atoms with E-state index in [-0.39, 0.29) is 5.41 Å². The Bertz CT molecular complexity index is 4350. The van der Waals surface area contributed by atoms with Gasteiger partial charge in [0.05, 0.1) is 22.1 Å². The van der Waals surface area contributed by atoms with Crippen molar-refractivity contribution < 1.29 is 0 Å². The van der Waals surface area contributed by atoms with Crippen LogP contribution in [-0.2, 0) is 5.41 Å². The predicted octanol–water partition coefficient (Wildman–Crippen LogP) is 21.2. The van der Waals surface area contributed by atoms with Crippen molar-refractivity contribution in [2.45, 2.75) is 64.7 Å². The molecule has 2 aromatic heterocycles. The van der Waals surface area contributed by atoms with Crippen molar-refractivity contribution >= 4 is 43.6 Å². The van der Waals surface area contributed by atoms with Crippen LogP contribution in [0.3, 0.4) is 0 Å². The van der Waals surface area contributed by atoms with Gasteiger partial charge in [0.15, 0.2) is 0 Å². The number of nitrogens with zero attached hydrogens (tertiary/aromatic N) is 2. The van der Waals surface area contributed by atoms with Crippen molar-refractivity contribution in [1.29, 1.82) is 0 Å². The topological polar surface area (TPSA) is 9.86 Å². The molecule has 0 saturated carbocycles. The molecule has 11 aromatic carbocycles. The second kappa shape index (κ2) is 19.5. The van der Waals surface area contributed by atoms with E-state index in [0.717, 1.165) is 18.5 Å². The van der Waals surface area contributed by atoms with Gasteiger partial charge in [-0.3, -0.25) is 0 Å². The molecule has 376 valence electrons. The molecule has 2 heterocycles. The van der Waals surface area contributed by atoms with E-state index in [4.69, 9.17) is 0 Å². The first-order valence-electron chi connectivity index (χ1n) is 28.3. The summed E-state index contributed by atoms with van der Waals surface area (Å²) in [4.78, 5) is 0. The molecule has 0 radical (unpaired) electrons. The van der Waals surface area contributed by atoms with Crippen LogP contribution < -0.4 is 0 Å². The van der Waals surface area contributed by atoms with Crippen molar-refractivity contribution in [2.24, 2.45) is 0 Å². The molecule has 0 amide bonds. The van der Waals surface area contributed by atoms with E-state index >= 15 is 0 Å². The van der Waals surface area contributed by atoms with E-state index in [1.165, 1.54) is 158 Å².